The number of hydrogen-bond donors (Lipinski definition) is 1. The van der Waals surface area contributed by atoms with Crippen molar-refractivity contribution in [1.29, 1.82) is 0 Å². The number of carbonyl (C=O) groups is 2. The highest BCUT2D eigenvalue weighted by molar-refractivity contribution is 6.14. The second kappa shape index (κ2) is 4.23. The highest BCUT2D eigenvalue weighted by Crippen LogP contribution is 2.14. The SMILES string of the molecule is COC(=O)C(C)(O)C(=O)c1ccccc1. The van der Waals surface area contributed by atoms with Gasteiger partial charge in [-0.05, 0) is 6.92 Å². The van der Waals surface area contributed by atoms with Crippen molar-refractivity contribution in [2.45, 2.75) is 12.5 Å². The van der Waals surface area contributed by atoms with Gasteiger partial charge in [0.15, 0.2) is 0 Å². The minimum Gasteiger partial charge on any atom is -0.467 e. The number of aliphatic hydroxyl groups is 1. The Morgan fingerprint density at radius 3 is 2.27 bits per heavy atom. The van der Waals surface area contributed by atoms with Crippen LogP contribution in [0.2, 0.25) is 0 Å². The van der Waals surface area contributed by atoms with E-state index in [4.69, 9.17) is 0 Å². The molecule has 4 nitrogen and oxygen atoms in total. The Kier molecular flexibility index (Phi) is 3.21. The maximum absolute atomic E-state index is 11.7. The van der Waals surface area contributed by atoms with E-state index in [0.29, 0.717) is 0 Å². The molecule has 0 saturated heterocycles. The maximum Gasteiger partial charge on any atom is 0.345 e. The largest absolute Gasteiger partial charge is 0.467 e. The highest BCUT2D eigenvalue weighted by atomic mass is 16.5. The number of carbonyl (C=O) groups excluding carboxylic acids is 2. The van der Waals surface area contributed by atoms with E-state index in [1.807, 2.05) is 0 Å². The average Bonchev–Trinajstić information content (AvgIpc) is 2.28. The standard InChI is InChI=1S/C11H12O4/c1-11(14,10(13)15-2)9(12)8-6-4-3-5-7-8/h3-7,14H,1-2H3. The zero-order chi connectivity index (χ0) is 11.5. The summed E-state index contributed by atoms with van der Waals surface area (Å²) >= 11 is 0. The Hall–Kier alpha value is -1.68. The molecule has 80 valence electrons. The maximum atomic E-state index is 11.7. The van der Waals surface area contributed by atoms with Crippen molar-refractivity contribution >= 4 is 11.8 Å². The molecule has 0 spiro atoms. The minimum atomic E-state index is -2.13. The van der Waals surface area contributed by atoms with E-state index >= 15 is 0 Å². The second-order valence-electron chi connectivity index (χ2n) is 3.26. The van der Waals surface area contributed by atoms with Crippen LogP contribution in [0.5, 0.6) is 0 Å². The van der Waals surface area contributed by atoms with E-state index in [0.717, 1.165) is 14.0 Å². The molecule has 0 fully saturated rings. The van der Waals surface area contributed by atoms with Gasteiger partial charge in [-0.2, -0.15) is 0 Å². The van der Waals surface area contributed by atoms with Crippen molar-refractivity contribution in [3.05, 3.63) is 35.9 Å². The first-order chi connectivity index (χ1) is 7.00. The van der Waals surface area contributed by atoms with Gasteiger partial charge < -0.3 is 9.84 Å². The molecule has 1 aromatic carbocycles. The van der Waals surface area contributed by atoms with Gasteiger partial charge in [-0.1, -0.05) is 30.3 Å². The number of hydrogen-bond acceptors (Lipinski definition) is 4. The van der Waals surface area contributed by atoms with Crippen LogP contribution in [0.1, 0.15) is 17.3 Å². The Morgan fingerprint density at radius 2 is 1.80 bits per heavy atom. The summed E-state index contributed by atoms with van der Waals surface area (Å²) in [5.74, 6) is -1.63. The fourth-order valence-electron chi connectivity index (χ4n) is 1.16. The summed E-state index contributed by atoms with van der Waals surface area (Å²) in [7, 11) is 1.12. The number of Topliss-reactive ketones (excluding diaryl/α,β-unsaturated/α-hetero) is 1. The first-order valence-corrected chi connectivity index (χ1v) is 4.40. The monoisotopic (exact) mass is 208 g/mol. The lowest BCUT2D eigenvalue weighted by Crippen LogP contribution is -2.44. The summed E-state index contributed by atoms with van der Waals surface area (Å²) < 4.78 is 4.35. The molecule has 1 rings (SSSR count). The van der Waals surface area contributed by atoms with Crippen LogP contribution in [0.25, 0.3) is 0 Å². The van der Waals surface area contributed by atoms with Crippen molar-refractivity contribution in [1.82, 2.24) is 0 Å². The molecule has 1 unspecified atom stereocenters. The number of ether oxygens (including phenoxy) is 1. The molecule has 0 heterocycles. The van der Waals surface area contributed by atoms with Crippen LogP contribution in [0.4, 0.5) is 0 Å². The van der Waals surface area contributed by atoms with E-state index < -0.39 is 17.4 Å². The van der Waals surface area contributed by atoms with Crippen LogP contribution in [0, 0.1) is 0 Å². The van der Waals surface area contributed by atoms with E-state index in [1.54, 1.807) is 18.2 Å². The Balaban J connectivity index is 3.00. The summed E-state index contributed by atoms with van der Waals surface area (Å²) in [6.45, 7) is 1.12. The molecule has 0 radical (unpaired) electrons. The van der Waals surface area contributed by atoms with Crippen molar-refractivity contribution < 1.29 is 19.4 Å². The molecule has 0 aliphatic heterocycles. The molecule has 15 heavy (non-hydrogen) atoms. The molecule has 0 aliphatic rings. The Morgan fingerprint density at radius 1 is 1.27 bits per heavy atom. The quantitative estimate of drug-likeness (QED) is 0.453. The number of methoxy groups -OCH3 is 1. The molecule has 0 saturated carbocycles. The van der Waals surface area contributed by atoms with Gasteiger partial charge in [-0.25, -0.2) is 4.79 Å². The van der Waals surface area contributed by atoms with Gasteiger partial charge >= 0.3 is 5.97 Å². The fraction of sp³-hybridized carbons (Fsp3) is 0.273. The van der Waals surface area contributed by atoms with Crippen molar-refractivity contribution in [3.63, 3.8) is 0 Å². The van der Waals surface area contributed by atoms with Gasteiger partial charge in [0.1, 0.15) is 0 Å². The number of esters is 1. The molecular formula is C11H12O4. The third-order valence-corrected chi connectivity index (χ3v) is 2.06. The van der Waals surface area contributed by atoms with Crippen molar-refractivity contribution in [2.75, 3.05) is 7.11 Å². The van der Waals surface area contributed by atoms with Crippen LogP contribution in [-0.4, -0.2) is 29.6 Å². The number of rotatable bonds is 3. The van der Waals surface area contributed by atoms with Crippen LogP contribution in [0.3, 0.4) is 0 Å². The van der Waals surface area contributed by atoms with Crippen LogP contribution in [-0.2, 0) is 9.53 Å². The van der Waals surface area contributed by atoms with Crippen molar-refractivity contribution in [3.8, 4) is 0 Å². The minimum absolute atomic E-state index is 0.271. The molecule has 0 amide bonds. The topological polar surface area (TPSA) is 63.6 Å². The Labute approximate surface area is 87.5 Å². The van der Waals surface area contributed by atoms with E-state index in [2.05, 4.69) is 4.74 Å². The second-order valence-corrected chi connectivity index (χ2v) is 3.26. The van der Waals surface area contributed by atoms with E-state index in [9.17, 15) is 14.7 Å². The molecule has 0 aromatic heterocycles. The Bertz CT molecular complexity index is 367. The zero-order valence-corrected chi connectivity index (χ0v) is 8.56. The molecule has 1 atom stereocenters. The predicted molar refractivity (Wildman–Crippen MR) is 53.4 cm³/mol. The predicted octanol–water partition coefficient (Wildman–Crippen LogP) is 0.793. The summed E-state index contributed by atoms with van der Waals surface area (Å²) in [5, 5.41) is 9.68. The lowest BCUT2D eigenvalue weighted by atomic mass is 9.95. The highest BCUT2D eigenvalue weighted by Gasteiger charge is 2.40. The van der Waals surface area contributed by atoms with Crippen LogP contribution >= 0.6 is 0 Å². The summed E-state index contributed by atoms with van der Waals surface area (Å²) in [5.41, 5.74) is -1.86. The van der Waals surface area contributed by atoms with Gasteiger partial charge in [0.25, 0.3) is 0 Å². The lowest BCUT2D eigenvalue weighted by Gasteiger charge is -2.18. The summed E-state index contributed by atoms with van der Waals surface area (Å²) in [6, 6.07) is 8.10. The average molecular weight is 208 g/mol. The first-order valence-electron chi connectivity index (χ1n) is 4.40. The molecule has 4 heteroatoms. The summed E-state index contributed by atoms with van der Waals surface area (Å²) in [4.78, 5) is 22.9. The smallest absolute Gasteiger partial charge is 0.345 e. The number of benzene rings is 1. The molecule has 0 bridgehead atoms. The van der Waals surface area contributed by atoms with Gasteiger partial charge in [0.2, 0.25) is 11.4 Å². The van der Waals surface area contributed by atoms with Gasteiger partial charge in [-0.3, -0.25) is 4.79 Å². The zero-order valence-electron chi connectivity index (χ0n) is 8.56. The van der Waals surface area contributed by atoms with Gasteiger partial charge in [0.05, 0.1) is 7.11 Å². The van der Waals surface area contributed by atoms with E-state index in [-0.39, 0.29) is 5.56 Å². The fourth-order valence-corrected chi connectivity index (χ4v) is 1.16. The first kappa shape index (κ1) is 11.4. The molecule has 1 N–H and O–H groups in total. The van der Waals surface area contributed by atoms with Crippen molar-refractivity contribution in [2.24, 2.45) is 0 Å². The normalized spacial score (nSPS) is 14.1. The molecular weight excluding hydrogens is 196 g/mol. The van der Waals surface area contributed by atoms with Gasteiger partial charge in [0, 0.05) is 5.56 Å². The molecule has 1 aromatic rings. The molecule has 0 aliphatic carbocycles. The third-order valence-electron chi connectivity index (χ3n) is 2.06. The van der Waals surface area contributed by atoms with Crippen LogP contribution in [0.15, 0.2) is 30.3 Å². The van der Waals surface area contributed by atoms with E-state index in [1.165, 1.54) is 12.1 Å². The van der Waals surface area contributed by atoms with Gasteiger partial charge in [-0.15, -0.1) is 0 Å². The van der Waals surface area contributed by atoms with Crippen LogP contribution < -0.4 is 0 Å². The number of ketones is 1. The lowest BCUT2D eigenvalue weighted by molar-refractivity contribution is -0.155. The third kappa shape index (κ3) is 2.22. The summed E-state index contributed by atoms with van der Waals surface area (Å²) in [6.07, 6.45) is 0.